The maximum atomic E-state index is 13.5. The van der Waals surface area contributed by atoms with Crippen LogP contribution in [0.15, 0.2) is 48.5 Å². The van der Waals surface area contributed by atoms with Gasteiger partial charge < -0.3 is 10.2 Å². The molecule has 0 fully saturated rings. The molecule has 2 aromatic rings. The van der Waals surface area contributed by atoms with Gasteiger partial charge in [-0.2, -0.15) is 0 Å². The van der Waals surface area contributed by atoms with Crippen molar-refractivity contribution in [3.63, 3.8) is 0 Å². The van der Waals surface area contributed by atoms with E-state index >= 15 is 0 Å². The van der Waals surface area contributed by atoms with Crippen LogP contribution in [0.2, 0.25) is 10.0 Å². The monoisotopic (exact) mass is 527 g/mol. The van der Waals surface area contributed by atoms with E-state index in [1.807, 2.05) is 44.2 Å². The summed E-state index contributed by atoms with van der Waals surface area (Å²) in [6.07, 6.45) is 2.65. The third kappa shape index (κ3) is 7.89. The van der Waals surface area contributed by atoms with Crippen molar-refractivity contribution in [3.8, 4) is 0 Å². The number of carbonyl (C=O) groups excluding carboxylic acids is 2. The third-order valence-corrected chi connectivity index (χ3v) is 6.96. The lowest BCUT2D eigenvalue weighted by molar-refractivity contribution is -0.139. The molecule has 7 nitrogen and oxygen atoms in total. The lowest BCUT2D eigenvalue weighted by atomic mass is 10.1. The highest BCUT2D eigenvalue weighted by Crippen LogP contribution is 2.30. The molecular weight excluding hydrogens is 497 g/mol. The van der Waals surface area contributed by atoms with Gasteiger partial charge in [-0.1, -0.05) is 67.4 Å². The smallest absolute Gasteiger partial charge is 0.244 e. The topological polar surface area (TPSA) is 86.8 Å². The number of amides is 2. The zero-order valence-electron chi connectivity index (χ0n) is 19.6. The minimum absolute atomic E-state index is 0.108. The van der Waals surface area contributed by atoms with Gasteiger partial charge in [0.15, 0.2) is 0 Å². The van der Waals surface area contributed by atoms with E-state index in [4.69, 9.17) is 23.2 Å². The Morgan fingerprint density at radius 1 is 1.06 bits per heavy atom. The van der Waals surface area contributed by atoms with E-state index in [0.29, 0.717) is 19.4 Å². The summed E-state index contributed by atoms with van der Waals surface area (Å²) in [5.41, 5.74) is 1.11. The average Bonchev–Trinajstić information content (AvgIpc) is 2.80. The average molecular weight is 529 g/mol. The molecule has 0 aliphatic carbocycles. The first-order chi connectivity index (χ1) is 16.1. The van der Waals surface area contributed by atoms with Crippen molar-refractivity contribution in [2.45, 2.75) is 39.2 Å². The van der Waals surface area contributed by atoms with Gasteiger partial charge in [0.1, 0.15) is 12.6 Å². The lowest BCUT2D eigenvalue weighted by Gasteiger charge is -2.33. The standard InChI is InChI=1S/C24H31Cl2N3O4S/c1-4-14-27-24(31)21(5-2)28(15-13-18-9-7-6-8-10-18)23(30)17-29(34(3,32)33)22-16-19(25)11-12-20(22)26/h6-12,16,21H,4-5,13-15,17H2,1-3H3,(H,27,31). The van der Waals surface area contributed by atoms with E-state index < -0.39 is 28.5 Å². The summed E-state index contributed by atoms with van der Waals surface area (Å²) in [4.78, 5) is 27.9. The van der Waals surface area contributed by atoms with Crippen molar-refractivity contribution >= 4 is 50.7 Å². The molecule has 0 spiro atoms. The van der Waals surface area contributed by atoms with Crippen LogP contribution in [-0.2, 0) is 26.0 Å². The predicted molar refractivity (Wildman–Crippen MR) is 138 cm³/mol. The second-order valence-corrected chi connectivity index (χ2v) is 10.7. The molecule has 0 aliphatic rings. The number of rotatable bonds is 12. The lowest BCUT2D eigenvalue weighted by Crippen LogP contribution is -2.53. The first kappa shape index (κ1) is 28.0. The van der Waals surface area contributed by atoms with Crippen molar-refractivity contribution in [2.75, 3.05) is 30.2 Å². The van der Waals surface area contributed by atoms with Gasteiger partial charge in [0.05, 0.1) is 17.0 Å². The van der Waals surface area contributed by atoms with Gasteiger partial charge in [0, 0.05) is 18.1 Å². The van der Waals surface area contributed by atoms with Crippen LogP contribution in [0.5, 0.6) is 0 Å². The first-order valence-electron chi connectivity index (χ1n) is 11.1. The number of anilines is 1. The van der Waals surface area contributed by atoms with Crippen molar-refractivity contribution in [1.82, 2.24) is 10.2 Å². The van der Waals surface area contributed by atoms with E-state index in [2.05, 4.69) is 5.32 Å². The summed E-state index contributed by atoms with van der Waals surface area (Å²) >= 11 is 12.3. The fourth-order valence-electron chi connectivity index (χ4n) is 3.53. The third-order valence-electron chi connectivity index (χ3n) is 5.28. The molecule has 1 N–H and O–H groups in total. The minimum atomic E-state index is -3.88. The number of halogens is 2. The van der Waals surface area contributed by atoms with Crippen LogP contribution in [0.3, 0.4) is 0 Å². The Labute approximate surface area is 212 Å². The molecular formula is C24H31Cl2N3O4S. The Bertz CT molecular complexity index is 1080. The van der Waals surface area contributed by atoms with Gasteiger partial charge in [-0.15, -0.1) is 0 Å². The van der Waals surface area contributed by atoms with Gasteiger partial charge in [0.2, 0.25) is 21.8 Å². The summed E-state index contributed by atoms with van der Waals surface area (Å²) < 4.78 is 26.2. The number of carbonyl (C=O) groups is 2. The quantitative estimate of drug-likeness (QED) is 0.449. The fourth-order valence-corrected chi connectivity index (χ4v) is 4.82. The Morgan fingerprint density at radius 3 is 2.32 bits per heavy atom. The Kier molecular flexibility index (Phi) is 10.7. The molecule has 186 valence electrons. The van der Waals surface area contributed by atoms with Gasteiger partial charge >= 0.3 is 0 Å². The highest BCUT2D eigenvalue weighted by atomic mass is 35.5. The SMILES string of the molecule is CCCNC(=O)C(CC)N(CCc1ccccc1)C(=O)CN(c1cc(Cl)ccc1Cl)S(C)(=O)=O. The number of nitrogens with one attached hydrogen (secondary N) is 1. The van der Waals surface area contributed by atoms with Crippen LogP contribution >= 0.6 is 23.2 Å². The van der Waals surface area contributed by atoms with Crippen LogP contribution in [0, 0.1) is 0 Å². The highest BCUT2D eigenvalue weighted by Gasteiger charge is 2.32. The molecule has 1 unspecified atom stereocenters. The molecule has 34 heavy (non-hydrogen) atoms. The maximum absolute atomic E-state index is 13.5. The zero-order chi connectivity index (χ0) is 25.3. The van der Waals surface area contributed by atoms with E-state index in [1.54, 1.807) is 0 Å². The summed E-state index contributed by atoms with van der Waals surface area (Å²) in [6.45, 7) is 4.00. The predicted octanol–water partition coefficient (Wildman–Crippen LogP) is 4.14. The fraction of sp³-hybridized carbons (Fsp3) is 0.417. The summed E-state index contributed by atoms with van der Waals surface area (Å²) in [5.74, 6) is -0.770. The van der Waals surface area contributed by atoms with Crippen molar-refractivity contribution in [1.29, 1.82) is 0 Å². The minimum Gasteiger partial charge on any atom is -0.354 e. The summed E-state index contributed by atoms with van der Waals surface area (Å²) in [7, 11) is -3.88. The zero-order valence-corrected chi connectivity index (χ0v) is 22.0. The normalized spacial score (nSPS) is 12.1. The number of hydrogen-bond donors (Lipinski definition) is 1. The van der Waals surface area contributed by atoms with E-state index in [9.17, 15) is 18.0 Å². The van der Waals surface area contributed by atoms with Crippen LogP contribution in [0.1, 0.15) is 32.3 Å². The van der Waals surface area contributed by atoms with Crippen molar-refractivity contribution < 1.29 is 18.0 Å². The number of nitrogens with zero attached hydrogens (tertiary/aromatic N) is 2. The molecule has 2 aromatic carbocycles. The molecule has 0 saturated carbocycles. The molecule has 2 amide bonds. The van der Waals surface area contributed by atoms with Crippen LogP contribution in [0.4, 0.5) is 5.69 Å². The molecule has 0 aromatic heterocycles. The van der Waals surface area contributed by atoms with Crippen LogP contribution in [0.25, 0.3) is 0 Å². The molecule has 0 heterocycles. The molecule has 0 radical (unpaired) electrons. The van der Waals surface area contributed by atoms with Gasteiger partial charge in [0.25, 0.3) is 0 Å². The van der Waals surface area contributed by atoms with Gasteiger partial charge in [-0.05, 0) is 43.0 Å². The Hall–Kier alpha value is -2.29. The Morgan fingerprint density at radius 2 is 1.74 bits per heavy atom. The number of hydrogen-bond acceptors (Lipinski definition) is 4. The molecule has 1 atom stereocenters. The summed E-state index contributed by atoms with van der Waals surface area (Å²) in [5, 5.41) is 3.27. The number of sulfonamides is 1. The van der Waals surface area contributed by atoms with Crippen molar-refractivity contribution in [3.05, 3.63) is 64.1 Å². The molecule has 10 heteroatoms. The second-order valence-electron chi connectivity index (χ2n) is 7.90. The van der Waals surface area contributed by atoms with Crippen molar-refractivity contribution in [2.24, 2.45) is 0 Å². The molecule has 0 aliphatic heterocycles. The number of benzene rings is 2. The Balaban J connectivity index is 2.38. The molecule has 0 saturated heterocycles. The van der Waals surface area contributed by atoms with E-state index in [0.717, 1.165) is 22.5 Å². The highest BCUT2D eigenvalue weighted by molar-refractivity contribution is 7.92. The summed E-state index contributed by atoms with van der Waals surface area (Å²) in [6, 6.07) is 13.3. The van der Waals surface area contributed by atoms with Gasteiger partial charge in [-0.3, -0.25) is 13.9 Å². The van der Waals surface area contributed by atoms with E-state index in [1.165, 1.54) is 23.1 Å². The second kappa shape index (κ2) is 13.0. The maximum Gasteiger partial charge on any atom is 0.244 e. The first-order valence-corrected chi connectivity index (χ1v) is 13.7. The van der Waals surface area contributed by atoms with Crippen LogP contribution in [-0.4, -0.2) is 57.1 Å². The van der Waals surface area contributed by atoms with Crippen LogP contribution < -0.4 is 9.62 Å². The largest absolute Gasteiger partial charge is 0.354 e. The molecule has 0 bridgehead atoms. The molecule has 2 rings (SSSR count). The van der Waals surface area contributed by atoms with E-state index in [-0.39, 0.29) is 28.2 Å². The van der Waals surface area contributed by atoms with Gasteiger partial charge in [-0.25, -0.2) is 8.42 Å².